The van der Waals surface area contributed by atoms with Gasteiger partial charge in [0.15, 0.2) is 5.78 Å². The number of aliphatic hydroxyl groups is 1. The SMILES string of the molecule is CN1CC[C@@H](c2c(O)cc(O)c3c2OC(Oc2cccc(Cl)c2)CC3=O)[C@@H](O)C1. The molecule has 0 aliphatic carbocycles. The molecule has 2 aromatic rings. The van der Waals surface area contributed by atoms with Gasteiger partial charge in [0.25, 0.3) is 0 Å². The summed E-state index contributed by atoms with van der Waals surface area (Å²) in [6.07, 6.45) is -1.23. The van der Waals surface area contributed by atoms with E-state index in [1.54, 1.807) is 24.3 Å². The molecule has 0 amide bonds. The number of phenols is 2. The maximum absolute atomic E-state index is 12.8. The second-order valence-corrected chi connectivity index (χ2v) is 7.94. The number of aliphatic hydroxyl groups excluding tert-OH is 1. The van der Waals surface area contributed by atoms with Crippen molar-refractivity contribution >= 4 is 17.4 Å². The second-order valence-electron chi connectivity index (χ2n) is 7.51. The largest absolute Gasteiger partial charge is 0.507 e. The van der Waals surface area contributed by atoms with Crippen molar-refractivity contribution in [3.63, 3.8) is 0 Å². The predicted octanol–water partition coefficient (Wildman–Crippen LogP) is 2.90. The lowest BCUT2D eigenvalue weighted by Crippen LogP contribution is -2.41. The lowest BCUT2D eigenvalue weighted by molar-refractivity contribution is -0.00788. The van der Waals surface area contributed by atoms with Crippen molar-refractivity contribution in [2.75, 3.05) is 20.1 Å². The smallest absolute Gasteiger partial charge is 0.248 e. The third kappa shape index (κ3) is 3.85. The molecule has 2 aliphatic heterocycles. The Morgan fingerprint density at radius 3 is 2.76 bits per heavy atom. The standard InChI is InChI=1S/C21H22ClNO6/c1-23-6-5-13(17(27)10-23)19-14(24)8-15(25)20-16(26)9-18(29-21(19)20)28-12-4-2-3-11(22)7-12/h2-4,7-8,13,17-18,24-25,27H,5-6,9-10H2,1H3/t13-,17+,18?/m1/s1. The number of hydrogen-bond donors (Lipinski definition) is 3. The molecule has 0 bridgehead atoms. The van der Waals surface area contributed by atoms with Gasteiger partial charge in [-0.2, -0.15) is 0 Å². The number of halogens is 1. The van der Waals surface area contributed by atoms with E-state index in [0.29, 0.717) is 35.8 Å². The van der Waals surface area contributed by atoms with Gasteiger partial charge in [0, 0.05) is 29.1 Å². The van der Waals surface area contributed by atoms with Crippen LogP contribution in [-0.2, 0) is 0 Å². The Balaban J connectivity index is 1.71. The fourth-order valence-corrected chi connectivity index (χ4v) is 4.19. The summed E-state index contributed by atoms with van der Waals surface area (Å²) in [5.41, 5.74) is 0.334. The number of nitrogens with zero attached hydrogens (tertiary/aromatic N) is 1. The second kappa shape index (κ2) is 7.74. The molecule has 1 unspecified atom stereocenters. The number of ketones is 1. The Morgan fingerprint density at radius 2 is 2.03 bits per heavy atom. The number of carbonyl (C=O) groups is 1. The van der Waals surface area contributed by atoms with Crippen molar-refractivity contribution in [2.24, 2.45) is 0 Å². The Bertz CT molecular complexity index is 949. The Labute approximate surface area is 173 Å². The highest BCUT2D eigenvalue weighted by Gasteiger charge is 2.39. The van der Waals surface area contributed by atoms with E-state index in [2.05, 4.69) is 0 Å². The average molecular weight is 420 g/mol. The van der Waals surface area contributed by atoms with Crippen molar-refractivity contribution in [2.45, 2.75) is 31.2 Å². The van der Waals surface area contributed by atoms with E-state index < -0.39 is 18.3 Å². The number of piperidine rings is 1. The average Bonchev–Trinajstić information content (AvgIpc) is 2.62. The molecule has 2 aromatic carbocycles. The van der Waals surface area contributed by atoms with Crippen LogP contribution in [0.5, 0.6) is 23.0 Å². The van der Waals surface area contributed by atoms with E-state index in [9.17, 15) is 20.1 Å². The van der Waals surface area contributed by atoms with Crippen LogP contribution in [0.1, 0.15) is 34.7 Å². The number of benzene rings is 2. The maximum Gasteiger partial charge on any atom is 0.248 e. The number of carbonyl (C=O) groups excluding carboxylic acids is 1. The molecule has 2 aliphatic rings. The summed E-state index contributed by atoms with van der Waals surface area (Å²) in [5.74, 6) is -0.859. The fraction of sp³-hybridized carbons (Fsp3) is 0.381. The quantitative estimate of drug-likeness (QED) is 0.703. The van der Waals surface area contributed by atoms with Crippen molar-refractivity contribution in [3.8, 4) is 23.0 Å². The Morgan fingerprint density at radius 1 is 1.24 bits per heavy atom. The Hall–Kier alpha value is -2.48. The summed E-state index contributed by atoms with van der Waals surface area (Å²) < 4.78 is 11.7. The number of likely N-dealkylation sites (tertiary alicyclic amines) is 1. The van der Waals surface area contributed by atoms with E-state index in [1.165, 1.54) is 0 Å². The van der Waals surface area contributed by atoms with Gasteiger partial charge in [-0.25, -0.2) is 0 Å². The zero-order chi connectivity index (χ0) is 20.7. The molecule has 4 rings (SSSR count). The number of aromatic hydroxyl groups is 2. The van der Waals surface area contributed by atoms with Crippen LogP contribution in [0.15, 0.2) is 30.3 Å². The third-order valence-electron chi connectivity index (χ3n) is 5.38. The highest BCUT2D eigenvalue weighted by Crippen LogP contribution is 2.48. The molecule has 0 radical (unpaired) electrons. The zero-order valence-electron chi connectivity index (χ0n) is 15.8. The van der Waals surface area contributed by atoms with Gasteiger partial charge in [-0.05, 0) is 38.2 Å². The zero-order valence-corrected chi connectivity index (χ0v) is 16.6. The third-order valence-corrected chi connectivity index (χ3v) is 5.61. The molecule has 1 saturated heterocycles. The molecule has 154 valence electrons. The topological polar surface area (TPSA) is 99.5 Å². The molecule has 7 nitrogen and oxygen atoms in total. The summed E-state index contributed by atoms with van der Waals surface area (Å²) in [4.78, 5) is 14.7. The van der Waals surface area contributed by atoms with Gasteiger partial charge in [0.2, 0.25) is 6.29 Å². The van der Waals surface area contributed by atoms with Gasteiger partial charge in [0.05, 0.1) is 12.5 Å². The molecule has 0 saturated carbocycles. The first-order valence-electron chi connectivity index (χ1n) is 9.41. The minimum absolute atomic E-state index is 0.00914. The van der Waals surface area contributed by atoms with Crippen molar-refractivity contribution in [1.29, 1.82) is 0 Å². The molecule has 0 aromatic heterocycles. The van der Waals surface area contributed by atoms with Gasteiger partial charge >= 0.3 is 0 Å². The van der Waals surface area contributed by atoms with Crippen LogP contribution in [-0.4, -0.2) is 58.5 Å². The minimum Gasteiger partial charge on any atom is -0.507 e. The molecule has 8 heteroatoms. The van der Waals surface area contributed by atoms with Gasteiger partial charge < -0.3 is 29.7 Å². The number of Topliss-reactive ketones (excluding diaryl/α,β-unsaturated/α-hetero) is 1. The van der Waals surface area contributed by atoms with Gasteiger partial charge in [-0.15, -0.1) is 0 Å². The van der Waals surface area contributed by atoms with E-state index >= 15 is 0 Å². The van der Waals surface area contributed by atoms with E-state index in [4.69, 9.17) is 21.1 Å². The van der Waals surface area contributed by atoms with Gasteiger partial charge in [-0.3, -0.25) is 4.79 Å². The number of ether oxygens (including phenoxy) is 2. The van der Waals surface area contributed by atoms with Crippen molar-refractivity contribution in [3.05, 3.63) is 46.5 Å². The van der Waals surface area contributed by atoms with Crippen LogP contribution in [0.4, 0.5) is 0 Å². The lowest BCUT2D eigenvalue weighted by atomic mass is 9.83. The lowest BCUT2D eigenvalue weighted by Gasteiger charge is -2.36. The maximum atomic E-state index is 12.8. The molecule has 2 heterocycles. The van der Waals surface area contributed by atoms with Gasteiger partial charge in [0.1, 0.15) is 28.6 Å². The van der Waals surface area contributed by atoms with Crippen LogP contribution < -0.4 is 9.47 Å². The van der Waals surface area contributed by atoms with Crippen LogP contribution >= 0.6 is 11.6 Å². The number of phenolic OH excluding ortho intramolecular Hbond substituents is 2. The number of hydrogen-bond acceptors (Lipinski definition) is 7. The molecule has 0 spiro atoms. The van der Waals surface area contributed by atoms with Crippen molar-refractivity contribution < 1.29 is 29.6 Å². The summed E-state index contributed by atoms with van der Waals surface area (Å²) >= 11 is 5.98. The van der Waals surface area contributed by atoms with Crippen LogP contribution in [0.2, 0.25) is 5.02 Å². The predicted molar refractivity (Wildman–Crippen MR) is 106 cm³/mol. The first-order valence-corrected chi connectivity index (χ1v) is 9.78. The normalized spacial score (nSPS) is 24.7. The minimum atomic E-state index is -0.947. The molecule has 1 fully saturated rings. The number of fused-ring (bicyclic) bond motifs is 1. The highest BCUT2D eigenvalue weighted by molar-refractivity contribution is 6.30. The highest BCUT2D eigenvalue weighted by atomic mass is 35.5. The van der Waals surface area contributed by atoms with Crippen LogP contribution in [0.25, 0.3) is 0 Å². The van der Waals surface area contributed by atoms with Gasteiger partial charge in [-0.1, -0.05) is 17.7 Å². The first kappa shape index (κ1) is 19.8. The summed E-state index contributed by atoms with van der Waals surface area (Å²) in [7, 11) is 1.90. The van der Waals surface area contributed by atoms with E-state index in [-0.39, 0.29) is 35.0 Å². The molecule has 29 heavy (non-hydrogen) atoms. The summed E-state index contributed by atoms with van der Waals surface area (Å²) in [6.45, 7) is 1.14. The molecule has 3 N–H and O–H groups in total. The van der Waals surface area contributed by atoms with E-state index in [1.807, 2.05) is 11.9 Å². The number of likely N-dealkylation sites (N-methyl/N-ethyl adjacent to an activating group) is 1. The summed E-state index contributed by atoms with van der Waals surface area (Å²) in [5, 5.41) is 31.9. The van der Waals surface area contributed by atoms with E-state index in [0.717, 1.165) is 6.07 Å². The first-order chi connectivity index (χ1) is 13.8. The van der Waals surface area contributed by atoms with Crippen LogP contribution in [0.3, 0.4) is 0 Å². The van der Waals surface area contributed by atoms with Crippen LogP contribution in [0, 0.1) is 0 Å². The molecular formula is C21H22ClNO6. The monoisotopic (exact) mass is 419 g/mol. The summed E-state index contributed by atoms with van der Waals surface area (Å²) in [6, 6.07) is 7.85. The Kier molecular flexibility index (Phi) is 5.29. The number of β-amino-alcohol motifs (C(OH)–C–C–N with tert-alkyl or cyclic N) is 1. The fourth-order valence-electron chi connectivity index (χ4n) is 4.01. The number of rotatable bonds is 3. The van der Waals surface area contributed by atoms with Crippen molar-refractivity contribution in [1.82, 2.24) is 4.90 Å². The molecular weight excluding hydrogens is 398 g/mol. The molecule has 3 atom stereocenters.